The molecule has 1 N–H and O–H groups in total. The van der Waals surface area contributed by atoms with Crippen LogP contribution in [0.4, 0.5) is 4.39 Å². The molecular formula is C17H21FN2O3S2. The van der Waals surface area contributed by atoms with Crippen LogP contribution in [-0.2, 0) is 14.8 Å². The number of sulfonamides is 1. The fourth-order valence-electron chi connectivity index (χ4n) is 3.05. The normalized spacial score (nSPS) is 18.8. The molecule has 1 aliphatic heterocycles. The van der Waals surface area contributed by atoms with Crippen molar-refractivity contribution in [3.63, 3.8) is 0 Å². The minimum Gasteiger partial charge on any atom is -0.379 e. The number of morpholine rings is 1. The maximum Gasteiger partial charge on any atom is 0.240 e. The first-order valence-electron chi connectivity index (χ1n) is 8.10. The predicted octanol–water partition coefficient (Wildman–Crippen LogP) is 2.63. The molecule has 2 atom stereocenters. The van der Waals surface area contributed by atoms with Crippen molar-refractivity contribution >= 4 is 21.4 Å². The standard InChI is InChI=1S/C17H21FN2O3S2/c1-13(19-25(21,22)15-6-4-14(18)5-7-15)17(16-3-2-12-24-16)20-8-10-23-11-9-20/h2-7,12-13,17,19H,8-11H2,1H3/t13-,17-/m0/s1. The molecule has 8 heteroatoms. The first-order valence-corrected chi connectivity index (χ1v) is 10.5. The number of nitrogens with one attached hydrogen (secondary N) is 1. The molecule has 0 bridgehead atoms. The topological polar surface area (TPSA) is 58.6 Å². The molecule has 0 spiro atoms. The van der Waals surface area contributed by atoms with Gasteiger partial charge in [-0.25, -0.2) is 17.5 Å². The summed E-state index contributed by atoms with van der Waals surface area (Å²) < 4.78 is 46.5. The number of thiophene rings is 1. The summed E-state index contributed by atoms with van der Waals surface area (Å²) in [7, 11) is -3.72. The van der Waals surface area contributed by atoms with E-state index in [1.54, 1.807) is 11.3 Å². The summed E-state index contributed by atoms with van der Waals surface area (Å²) in [5.41, 5.74) is 0. The molecule has 0 amide bonds. The summed E-state index contributed by atoms with van der Waals surface area (Å²) in [4.78, 5) is 3.41. The van der Waals surface area contributed by atoms with Gasteiger partial charge in [0.1, 0.15) is 5.82 Å². The molecule has 1 aromatic heterocycles. The summed E-state index contributed by atoms with van der Waals surface area (Å²) in [6.07, 6.45) is 0. The third-order valence-electron chi connectivity index (χ3n) is 4.21. The number of hydrogen-bond acceptors (Lipinski definition) is 5. The van der Waals surface area contributed by atoms with Crippen molar-refractivity contribution in [1.29, 1.82) is 0 Å². The van der Waals surface area contributed by atoms with Crippen molar-refractivity contribution in [2.24, 2.45) is 0 Å². The highest BCUT2D eigenvalue weighted by molar-refractivity contribution is 7.89. The van der Waals surface area contributed by atoms with Crippen LogP contribution >= 0.6 is 11.3 Å². The Hall–Kier alpha value is -1.32. The average molecular weight is 384 g/mol. The summed E-state index contributed by atoms with van der Waals surface area (Å²) in [6.45, 7) is 4.65. The molecule has 1 aromatic carbocycles. The summed E-state index contributed by atoms with van der Waals surface area (Å²) >= 11 is 1.61. The van der Waals surface area contributed by atoms with Gasteiger partial charge in [0, 0.05) is 24.0 Å². The van der Waals surface area contributed by atoms with Crippen LogP contribution in [0, 0.1) is 5.82 Å². The summed E-state index contributed by atoms with van der Waals surface area (Å²) in [6, 6.07) is 8.43. The number of benzene rings is 1. The van der Waals surface area contributed by atoms with Gasteiger partial charge in [0.25, 0.3) is 0 Å². The van der Waals surface area contributed by atoms with Gasteiger partial charge in [0.15, 0.2) is 0 Å². The Balaban J connectivity index is 1.82. The summed E-state index contributed by atoms with van der Waals surface area (Å²) in [5, 5.41) is 1.99. The third-order valence-corrected chi connectivity index (χ3v) is 6.73. The molecule has 1 aliphatic rings. The molecule has 1 fully saturated rings. The van der Waals surface area contributed by atoms with E-state index in [4.69, 9.17) is 4.74 Å². The highest BCUT2D eigenvalue weighted by Crippen LogP contribution is 2.29. The fourth-order valence-corrected chi connectivity index (χ4v) is 5.26. The largest absolute Gasteiger partial charge is 0.379 e. The van der Waals surface area contributed by atoms with E-state index in [0.29, 0.717) is 13.2 Å². The van der Waals surface area contributed by atoms with Gasteiger partial charge in [0.05, 0.1) is 24.2 Å². The van der Waals surface area contributed by atoms with Gasteiger partial charge in [-0.3, -0.25) is 4.90 Å². The molecule has 3 rings (SSSR count). The molecule has 2 heterocycles. The van der Waals surface area contributed by atoms with Crippen molar-refractivity contribution in [3.8, 4) is 0 Å². The molecule has 1 saturated heterocycles. The van der Waals surface area contributed by atoms with Gasteiger partial charge in [-0.15, -0.1) is 11.3 Å². The highest BCUT2D eigenvalue weighted by atomic mass is 32.2. The maximum atomic E-state index is 13.1. The fraction of sp³-hybridized carbons (Fsp3) is 0.412. The van der Waals surface area contributed by atoms with E-state index in [-0.39, 0.29) is 17.0 Å². The van der Waals surface area contributed by atoms with Crippen molar-refractivity contribution in [2.45, 2.75) is 23.9 Å². The lowest BCUT2D eigenvalue weighted by atomic mass is 10.1. The van der Waals surface area contributed by atoms with Crippen LogP contribution in [0.2, 0.25) is 0 Å². The van der Waals surface area contributed by atoms with E-state index < -0.39 is 15.8 Å². The molecule has 2 aromatic rings. The lowest BCUT2D eigenvalue weighted by molar-refractivity contribution is 0.0113. The van der Waals surface area contributed by atoms with Gasteiger partial charge in [-0.1, -0.05) is 6.07 Å². The van der Waals surface area contributed by atoms with Crippen LogP contribution in [0.15, 0.2) is 46.7 Å². The monoisotopic (exact) mass is 384 g/mol. The van der Waals surface area contributed by atoms with Crippen LogP contribution < -0.4 is 4.72 Å². The van der Waals surface area contributed by atoms with Gasteiger partial charge in [0.2, 0.25) is 10.0 Å². The van der Waals surface area contributed by atoms with Crippen molar-refractivity contribution in [1.82, 2.24) is 9.62 Å². The van der Waals surface area contributed by atoms with E-state index in [1.165, 1.54) is 12.1 Å². The second kappa shape index (κ2) is 7.92. The zero-order valence-corrected chi connectivity index (χ0v) is 15.5. The first kappa shape index (κ1) is 18.5. The lowest BCUT2D eigenvalue weighted by Gasteiger charge is -2.37. The Bertz CT molecular complexity index is 773. The Morgan fingerprint density at radius 2 is 1.88 bits per heavy atom. The van der Waals surface area contributed by atoms with E-state index in [2.05, 4.69) is 9.62 Å². The minimum atomic E-state index is -3.72. The second-order valence-electron chi connectivity index (χ2n) is 5.97. The Morgan fingerprint density at radius 1 is 1.20 bits per heavy atom. The first-order chi connectivity index (χ1) is 12.0. The summed E-state index contributed by atoms with van der Waals surface area (Å²) in [5.74, 6) is -0.461. The molecular weight excluding hydrogens is 363 g/mol. The number of nitrogens with zero attached hydrogens (tertiary/aromatic N) is 1. The lowest BCUT2D eigenvalue weighted by Crippen LogP contribution is -2.48. The van der Waals surface area contributed by atoms with Crippen LogP contribution in [-0.4, -0.2) is 45.7 Å². The number of rotatable bonds is 6. The van der Waals surface area contributed by atoms with Crippen molar-refractivity contribution < 1.29 is 17.5 Å². The Morgan fingerprint density at radius 3 is 2.48 bits per heavy atom. The zero-order valence-electron chi connectivity index (χ0n) is 13.9. The molecule has 136 valence electrons. The SMILES string of the molecule is C[C@H](NS(=O)(=O)c1ccc(F)cc1)[C@@H](c1cccs1)N1CCOCC1. The molecule has 0 aliphatic carbocycles. The van der Waals surface area contributed by atoms with Crippen LogP contribution in [0.3, 0.4) is 0 Å². The highest BCUT2D eigenvalue weighted by Gasteiger charge is 2.31. The quantitative estimate of drug-likeness (QED) is 0.832. The van der Waals surface area contributed by atoms with Gasteiger partial charge >= 0.3 is 0 Å². The predicted molar refractivity (Wildman–Crippen MR) is 95.6 cm³/mol. The molecule has 0 unspecified atom stereocenters. The molecule has 0 saturated carbocycles. The van der Waals surface area contributed by atoms with Crippen LogP contribution in [0.25, 0.3) is 0 Å². The maximum absolute atomic E-state index is 13.1. The average Bonchev–Trinajstić information content (AvgIpc) is 3.10. The zero-order chi connectivity index (χ0) is 17.9. The van der Waals surface area contributed by atoms with E-state index >= 15 is 0 Å². The van der Waals surface area contributed by atoms with E-state index in [9.17, 15) is 12.8 Å². The van der Waals surface area contributed by atoms with Crippen LogP contribution in [0.1, 0.15) is 17.8 Å². The Labute approximate surface area is 151 Å². The van der Waals surface area contributed by atoms with Gasteiger partial charge in [-0.2, -0.15) is 0 Å². The van der Waals surface area contributed by atoms with Crippen molar-refractivity contribution in [3.05, 3.63) is 52.5 Å². The Kier molecular flexibility index (Phi) is 5.85. The second-order valence-corrected chi connectivity index (χ2v) is 8.67. The number of halogens is 1. The van der Waals surface area contributed by atoms with Gasteiger partial charge < -0.3 is 4.74 Å². The van der Waals surface area contributed by atoms with Crippen molar-refractivity contribution in [2.75, 3.05) is 26.3 Å². The van der Waals surface area contributed by atoms with E-state index in [1.807, 2.05) is 24.4 Å². The molecule has 25 heavy (non-hydrogen) atoms. The molecule has 5 nitrogen and oxygen atoms in total. The van der Waals surface area contributed by atoms with Crippen LogP contribution in [0.5, 0.6) is 0 Å². The van der Waals surface area contributed by atoms with E-state index in [0.717, 1.165) is 30.1 Å². The number of ether oxygens (including phenoxy) is 1. The smallest absolute Gasteiger partial charge is 0.240 e. The third kappa shape index (κ3) is 4.45. The number of hydrogen-bond donors (Lipinski definition) is 1. The molecule has 0 radical (unpaired) electrons. The van der Waals surface area contributed by atoms with Gasteiger partial charge in [-0.05, 0) is 42.6 Å². The minimum absolute atomic E-state index is 0.0626.